The van der Waals surface area contributed by atoms with Crippen LogP contribution in [-0.2, 0) is 0 Å². The number of hydrogen-bond acceptors (Lipinski definition) is 0. The quantitative estimate of drug-likeness (QED) is 0.375. The molecule has 0 unspecified atom stereocenters. The molecule has 1 heteroatoms. The Balaban J connectivity index is 2.86. The van der Waals surface area contributed by atoms with Crippen LogP contribution in [0.5, 0.6) is 0 Å². The third kappa shape index (κ3) is 5.78. The summed E-state index contributed by atoms with van der Waals surface area (Å²) in [6, 6.07) is 1.30. The maximum absolute atomic E-state index is 5.05. The summed E-state index contributed by atoms with van der Waals surface area (Å²) in [7, 11) is -0.331. The minimum atomic E-state index is -0.331. The van der Waals surface area contributed by atoms with Crippen LogP contribution in [0.15, 0.2) is 0 Å². The van der Waals surface area contributed by atoms with E-state index in [9.17, 15) is 0 Å². The van der Waals surface area contributed by atoms with Gasteiger partial charge in [-0.25, -0.2) is 0 Å². The van der Waals surface area contributed by atoms with Gasteiger partial charge in [-0.1, -0.05) is 13.1 Å². The summed E-state index contributed by atoms with van der Waals surface area (Å²) < 4.78 is 0. The fourth-order valence-corrected chi connectivity index (χ4v) is 1.12. The van der Waals surface area contributed by atoms with E-state index in [1.807, 2.05) is 0 Å². The zero-order valence-corrected chi connectivity index (χ0v) is 6.22. The lowest BCUT2D eigenvalue weighted by molar-refractivity contribution is 1.23. The minimum absolute atomic E-state index is 0.331. The lowest BCUT2D eigenvalue weighted by Crippen LogP contribution is -1.96. The van der Waals surface area contributed by atoms with E-state index in [1.54, 1.807) is 0 Å². The molecule has 0 aromatic carbocycles. The van der Waals surface area contributed by atoms with E-state index >= 15 is 0 Å². The molecule has 0 N–H and O–H groups in total. The van der Waals surface area contributed by atoms with Crippen LogP contribution in [0.2, 0.25) is 19.1 Å². The smallest absolute Gasteiger partial charge is 0.0315 e. The van der Waals surface area contributed by atoms with Crippen LogP contribution in [0.4, 0.5) is 0 Å². The van der Waals surface area contributed by atoms with E-state index in [0.717, 1.165) is 6.42 Å². The molecule has 0 amide bonds. The average Bonchev–Trinajstić information content (AvgIpc) is 1.61. The first-order valence-electron chi connectivity index (χ1n) is 2.71. The van der Waals surface area contributed by atoms with Crippen LogP contribution in [-0.4, -0.2) is 8.80 Å². The second kappa shape index (κ2) is 3.95. The predicted octanol–water partition coefficient (Wildman–Crippen LogP) is 1.50. The molecule has 0 saturated heterocycles. The molecule has 40 valence electrons. The van der Waals surface area contributed by atoms with Gasteiger partial charge in [-0.3, -0.25) is 0 Å². The first-order chi connectivity index (χ1) is 3.27. The monoisotopic (exact) mass is 112 g/mol. The Bertz CT molecular complexity index is 68.7. The van der Waals surface area contributed by atoms with E-state index in [1.165, 1.54) is 6.04 Å². The molecule has 0 aliphatic heterocycles. The van der Waals surface area contributed by atoms with Crippen molar-refractivity contribution < 1.29 is 0 Å². The van der Waals surface area contributed by atoms with Gasteiger partial charge in [-0.05, 0) is 6.04 Å². The maximum atomic E-state index is 5.05. The zero-order chi connectivity index (χ0) is 5.70. The zero-order valence-electron chi connectivity index (χ0n) is 5.07. The summed E-state index contributed by atoms with van der Waals surface area (Å²) in [6.45, 7) is 4.63. The molecular formula is C6H12Si. The Morgan fingerprint density at radius 2 is 2.14 bits per heavy atom. The van der Waals surface area contributed by atoms with Crippen LogP contribution >= 0.6 is 0 Å². The van der Waals surface area contributed by atoms with Gasteiger partial charge in [0.05, 0.1) is 0 Å². The SMILES string of the molecule is C#CCC[SiH](C)C. The standard InChI is InChI=1S/C6H12Si/c1-4-5-6-7(2)3/h1,7H,5-6H2,2-3H3. The predicted molar refractivity (Wildman–Crippen MR) is 37.1 cm³/mol. The van der Waals surface area contributed by atoms with Crippen molar-refractivity contribution in [2.45, 2.75) is 25.6 Å². The molecule has 0 bridgehead atoms. The van der Waals surface area contributed by atoms with Crippen LogP contribution in [0.3, 0.4) is 0 Å². The summed E-state index contributed by atoms with van der Waals surface area (Å²) in [5, 5.41) is 0. The number of rotatable bonds is 2. The van der Waals surface area contributed by atoms with Crippen LogP contribution in [0.25, 0.3) is 0 Å². The van der Waals surface area contributed by atoms with Crippen molar-refractivity contribution in [3.8, 4) is 12.3 Å². The van der Waals surface area contributed by atoms with Crippen molar-refractivity contribution in [3.05, 3.63) is 0 Å². The molecule has 0 rings (SSSR count). The fourth-order valence-electron chi connectivity index (χ4n) is 0.372. The first kappa shape index (κ1) is 6.78. The highest BCUT2D eigenvalue weighted by Gasteiger charge is 1.89. The first-order valence-corrected chi connectivity index (χ1v) is 5.83. The topological polar surface area (TPSA) is 0 Å². The molecule has 0 aliphatic carbocycles. The molecule has 0 spiro atoms. The van der Waals surface area contributed by atoms with Crippen molar-refractivity contribution >= 4 is 8.80 Å². The lowest BCUT2D eigenvalue weighted by Gasteiger charge is -1.93. The highest BCUT2D eigenvalue weighted by Crippen LogP contribution is 1.93. The second-order valence-electron chi connectivity index (χ2n) is 2.14. The Labute approximate surface area is 47.5 Å². The third-order valence-corrected chi connectivity index (χ3v) is 2.31. The summed E-state index contributed by atoms with van der Waals surface area (Å²) >= 11 is 0. The van der Waals surface area contributed by atoms with Gasteiger partial charge in [0.2, 0.25) is 0 Å². The van der Waals surface area contributed by atoms with Crippen LogP contribution in [0.1, 0.15) is 6.42 Å². The van der Waals surface area contributed by atoms with E-state index < -0.39 is 0 Å². The summed E-state index contributed by atoms with van der Waals surface area (Å²) in [5.41, 5.74) is 0. The van der Waals surface area contributed by atoms with Gasteiger partial charge < -0.3 is 0 Å². The molecule has 0 heterocycles. The van der Waals surface area contributed by atoms with Gasteiger partial charge in [0.1, 0.15) is 0 Å². The Hall–Kier alpha value is -0.223. The van der Waals surface area contributed by atoms with Gasteiger partial charge in [-0.2, -0.15) is 0 Å². The Morgan fingerprint density at radius 1 is 1.57 bits per heavy atom. The van der Waals surface area contributed by atoms with Crippen molar-refractivity contribution in [1.29, 1.82) is 0 Å². The molecule has 0 radical (unpaired) electrons. The molecule has 0 aromatic rings. The van der Waals surface area contributed by atoms with E-state index in [4.69, 9.17) is 6.42 Å². The van der Waals surface area contributed by atoms with Crippen LogP contribution in [0, 0.1) is 12.3 Å². The molecule has 0 aromatic heterocycles. The molecule has 7 heavy (non-hydrogen) atoms. The van der Waals surface area contributed by atoms with Gasteiger partial charge in [0, 0.05) is 15.2 Å². The lowest BCUT2D eigenvalue weighted by atomic mass is 10.5. The van der Waals surface area contributed by atoms with Crippen molar-refractivity contribution in [2.24, 2.45) is 0 Å². The number of hydrogen-bond donors (Lipinski definition) is 0. The van der Waals surface area contributed by atoms with Crippen molar-refractivity contribution in [2.75, 3.05) is 0 Å². The minimum Gasteiger partial charge on any atom is -0.120 e. The van der Waals surface area contributed by atoms with Gasteiger partial charge in [0.25, 0.3) is 0 Å². The van der Waals surface area contributed by atoms with E-state index in [-0.39, 0.29) is 8.80 Å². The Morgan fingerprint density at radius 3 is 2.29 bits per heavy atom. The molecule has 0 nitrogen and oxygen atoms in total. The molecule has 0 atom stereocenters. The van der Waals surface area contributed by atoms with Gasteiger partial charge in [-0.15, -0.1) is 12.3 Å². The van der Waals surface area contributed by atoms with Crippen molar-refractivity contribution in [3.63, 3.8) is 0 Å². The van der Waals surface area contributed by atoms with E-state index in [0.29, 0.717) is 0 Å². The molecular weight excluding hydrogens is 100 g/mol. The summed E-state index contributed by atoms with van der Waals surface area (Å²) in [5.74, 6) is 2.63. The maximum Gasteiger partial charge on any atom is 0.0315 e. The van der Waals surface area contributed by atoms with Crippen molar-refractivity contribution in [1.82, 2.24) is 0 Å². The van der Waals surface area contributed by atoms with Crippen LogP contribution < -0.4 is 0 Å². The van der Waals surface area contributed by atoms with Gasteiger partial charge in [0.15, 0.2) is 0 Å². The summed E-state index contributed by atoms with van der Waals surface area (Å²) in [6.07, 6.45) is 6.04. The normalized spacial score (nSPS) is 8.86. The van der Waals surface area contributed by atoms with E-state index in [2.05, 4.69) is 19.0 Å². The molecule has 0 aliphatic rings. The second-order valence-corrected chi connectivity index (χ2v) is 5.50. The third-order valence-electron chi connectivity index (χ3n) is 0.866. The summed E-state index contributed by atoms with van der Waals surface area (Å²) in [4.78, 5) is 0. The highest BCUT2D eigenvalue weighted by molar-refractivity contribution is 6.55. The molecule has 0 fully saturated rings. The highest BCUT2D eigenvalue weighted by atomic mass is 28.3. The average molecular weight is 112 g/mol. The molecule has 0 saturated carbocycles. The number of terminal acetylenes is 1. The van der Waals surface area contributed by atoms with Gasteiger partial charge >= 0.3 is 0 Å². The Kier molecular flexibility index (Phi) is 3.82. The largest absolute Gasteiger partial charge is 0.120 e. The fraction of sp³-hybridized carbons (Fsp3) is 0.667.